The van der Waals surface area contributed by atoms with E-state index in [0.717, 1.165) is 47.5 Å². The minimum Gasteiger partial charge on any atom is -0.497 e. The van der Waals surface area contributed by atoms with Crippen LogP contribution in [0.2, 0.25) is 18.6 Å². The third-order valence-corrected chi connectivity index (χ3v) is 17.0. The Balaban J connectivity index is 1.10. The van der Waals surface area contributed by atoms with Gasteiger partial charge in [-0.25, -0.2) is 0 Å². The lowest BCUT2D eigenvalue weighted by Crippen LogP contribution is -2.51. The van der Waals surface area contributed by atoms with Crippen molar-refractivity contribution < 1.29 is 24.2 Å². The van der Waals surface area contributed by atoms with Crippen LogP contribution in [0.3, 0.4) is 0 Å². The predicted octanol–water partition coefficient (Wildman–Crippen LogP) is 5.95. The maximum atomic E-state index is 15.3. The number of nitrogens with one attached hydrogen (secondary N) is 2. The number of fused-ring (bicyclic) bond motifs is 2. The van der Waals surface area contributed by atoms with Crippen molar-refractivity contribution >= 4 is 36.4 Å². The Labute approximate surface area is 335 Å². The van der Waals surface area contributed by atoms with E-state index in [2.05, 4.69) is 59.2 Å². The van der Waals surface area contributed by atoms with Crippen LogP contribution in [0.25, 0.3) is 0 Å². The van der Waals surface area contributed by atoms with Crippen molar-refractivity contribution in [1.29, 1.82) is 0 Å². The van der Waals surface area contributed by atoms with Gasteiger partial charge in [-0.15, -0.1) is 5.10 Å². The van der Waals surface area contributed by atoms with E-state index in [0.29, 0.717) is 30.9 Å². The number of amides is 2. The molecule has 12 heteroatoms. The van der Waals surface area contributed by atoms with Gasteiger partial charge >= 0.3 is 0 Å². The molecule has 11 nitrogen and oxygen atoms in total. The number of anilines is 2. The van der Waals surface area contributed by atoms with E-state index in [-0.39, 0.29) is 47.9 Å². The first-order chi connectivity index (χ1) is 27.6. The van der Waals surface area contributed by atoms with Crippen LogP contribution in [0.15, 0.2) is 109 Å². The molecular weight excluding hydrogens is 733 g/mol. The molecule has 3 aliphatic heterocycles. The first kappa shape index (κ1) is 38.7. The predicted molar refractivity (Wildman–Crippen MR) is 223 cm³/mol. The number of aliphatic hydroxyl groups is 1. The molecule has 6 atom stereocenters. The maximum absolute atomic E-state index is 15.3. The molecule has 1 unspecified atom stereocenters. The SMILES string of the molecule is COc1ccc([Si](C)(C)[C@H]2[C@H](CCn3cc(C(CO)c4ccccc4)nn3)O[C@@]3(C(=O)N(Cc4cccc(NC(=O)[C@H]5CCCN5)c4)c4ccccc43)[C@@H]2C)cc1. The van der Waals surface area contributed by atoms with Crippen LogP contribution in [-0.4, -0.2) is 72.4 Å². The van der Waals surface area contributed by atoms with Gasteiger partial charge in [-0.3, -0.25) is 14.3 Å². The number of methoxy groups -OCH3 is 1. The number of para-hydroxylation sites is 1. The quantitative estimate of drug-likeness (QED) is 0.125. The Bertz CT molecular complexity index is 2210. The van der Waals surface area contributed by atoms with Crippen LogP contribution in [0, 0.1) is 5.92 Å². The summed E-state index contributed by atoms with van der Waals surface area (Å²) in [6.45, 7) is 8.61. The zero-order valence-corrected chi connectivity index (χ0v) is 34.1. The summed E-state index contributed by atoms with van der Waals surface area (Å²) in [6, 6.07) is 33.9. The second kappa shape index (κ2) is 16.0. The fourth-order valence-corrected chi connectivity index (χ4v) is 13.7. The van der Waals surface area contributed by atoms with Crippen LogP contribution in [0.5, 0.6) is 5.75 Å². The minimum atomic E-state index is -2.36. The van der Waals surface area contributed by atoms with Gasteiger partial charge in [0.2, 0.25) is 5.91 Å². The van der Waals surface area contributed by atoms with Crippen LogP contribution in [0.4, 0.5) is 11.4 Å². The maximum Gasteiger partial charge on any atom is 0.264 e. The van der Waals surface area contributed by atoms with Gasteiger partial charge in [0.25, 0.3) is 5.91 Å². The van der Waals surface area contributed by atoms with Gasteiger partial charge in [0.15, 0.2) is 5.60 Å². The summed E-state index contributed by atoms with van der Waals surface area (Å²) < 4.78 is 14.7. The highest BCUT2D eigenvalue weighted by Gasteiger charge is 2.66. The molecule has 0 radical (unpaired) electrons. The minimum absolute atomic E-state index is 0.0355. The van der Waals surface area contributed by atoms with Gasteiger partial charge in [0.1, 0.15) is 5.75 Å². The van der Waals surface area contributed by atoms with E-state index in [9.17, 15) is 9.90 Å². The highest BCUT2D eigenvalue weighted by Crippen LogP contribution is 2.60. The molecule has 2 saturated heterocycles. The van der Waals surface area contributed by atoms with Crippen LogP contribution >= 0.6 is 0 Å². The molecule has 1 aromatic heterocycles. The van der Waals surface area contributed by atoms with Crippen LogP contribution < -0.4 is 25.5 Å². The number of benzene rings is 4. The summed E-state index contributed by atoms with van der Waals surface area (Å²) >= 11 is 0. The first-order valence-electron chi connectivity index (χ1n) is 20.1. The number of hydrogen-bond donors (Lipinski definition) is 3. The third kappa shape index (κ3) is 7.20. The van der Waals surface area contributed by atoms with Gasteiger partial charge in [-0.05, 0) is 72.8 Å². The van der Waals surface area contributed by atoms with E-state index >= 15 is 4.79 Å². The fraction of sp³-hybridized carbons (Fsp3) is 0.378. The van der Waals surface area contributed by atoms with Crippen molar-refractivity contribution in [3.8, 4) is 5.75 Å². The van der Waals surface area contributed by atoms with Crippen molar-refractivity contribution in [2.75, 3.05) is 30.5 Å². The number of nitrogens with zero attached hydrogens (tertiary/aromatic N) is 4. The molecule has 296 valence electrons. The van der Waals surface area contributed by atoms with Crippen molar-refractivity contribution in [3.63, 3.8) is 0 Å². The normalized spacial score (nSPS) is 23.5. The van der Waals surface area contributed by atoms with E-state index in [1.165, 1.54) is 5.19 Å². The Morgan fingerprint density at radius 2 is 1.82 bits per heavy atom. The molecular formula is C45H52N6O5Si. The number of ether oxygens (including phenoxy) is 2. The smallest absolute Gasteiger partial charge is 0.264 e. The number of hydrogen-bond acceptors (Lipinski definition) is 8. The number of aromatic nitrogens is 3. The van der Waals surface area contributed by atoms with Crippen molar-refractivity contribution in [3.05, 3.63) is 132 Å². The Kier molecular flexibility index (Phi) is 10.9. The second-order valence-corrected chi connectivity index (χ2v) is 20.9. The fourth-order valence-electron chi connectivity index (χ4n) is 9.66. The molecule has 5 aromatic rings. The summed E-state index contributed by atoms with van der Waals surface area (Å²) in [5, 5.41) is 26.9. The molecule has 4 heterocycles. The Hall–Kier alpha value is -5.14. The van der Waals surface area contributed by atoms with E-state index in [1.807, 2.05) is 101 Å². The molecule has 2 amide bonds. The van der Waals surface area contributed by atoms with Crippen molar-refractivity contribution in [2.45, 2.75) is 81.6 Å². The molecule has 57 heavy (non-hydrogen) atoms. The largest absolute Gasteiger partial charge is 0.497 e. The number of rotatable bonds is 13. The molecule has 3 N–H and O–H groups in total. The van der Waals surface area contributed by atoms with Crippen molar-refractivity contribution in [2.24, 2.45) is 5.92 Å². The first-order valence-corrected chi connectivity index (χ1v) is 23.1. The van der Waals surface area contributed by atoms with Crippen LogP contribution in [-0.2, 0) is 33.0 Å². The molecule has 3 aliphatic rings. The number of aryl methyl sites for hydroxylation is 1. The topological polar surface area (TPSA) is 131 Å². The molecule has 8 rings (SSSR count). The lowest BCUT2D eigenvalue weighted by molar-refractivity contribution is -0.146. The lowest BCUT2D eigenvalue weighted by Gasteiger charge is -2.37. The molecule has 0 aliphatic carbocycles. The van der Waals surface area contributed by atoms with E-state index in [4.69, 9.17) is 9.47 Å². The average molecular weight is 785 g/mol. The zero-order chi connectivity index (χ0) is 39.7. The Morgan fingerprint density at radius 1 is 1.05 bits per heavy atom. The summed E-state index contributed by atoms with van der Waals surface area (Å²) in [6.07, 6.45) is 4.08. The van der Waals surface area contributed by atoms with Gasteiger partial charge in [0.05, 0.1) is 57.8 Å². The number of aliphatic hydroxyl groups excluding tert-OH is 1. The third-order valence-electron chi connectivity index (χ3n) is 12.6. The number of carbonyl (C=O) groups is 2. The van der Waals surface area contributed by atoms with Gasteiger partial charge in [-0.2, -0.15) is 0 Å². The average Bonchev–Trinajstić information content (AvgIpc) is 4.04. The molecule has 0 bridgehead atoms. The second-order valence-electron chi connectivity index (χ2n) is 16.2. The summed E-state index contributed by atoms with van der Waals surface area (Å²) in [7, 11) is -0.681. The molecule has 0 saturated carbocycles. The van der Waals surface area contributed by atoms with E-state index < -0.39 is 13.7 Å². The summed E-state index contributed by atoms with van der Waals surface area (Å²) in [5.74, 6) is 0.272. The standard InChI is InChI=1S/C45H52N6O5Si/c1-30-42(57(3,4)35-21-19-34(55-2)20-22-35)41(23-25-50-28-39(48-49-50)36(29-52)32-13-6-5-7-14-32)56-45(30)37-16-8-9-18-40(37)51(44(45)54)27-31-12-10-15-33(26-31)47-43(53)38-17-11-24-46-38/h5-10,12-16,18-22,26,28,30,36,38,41-42,46,52H,11,17,23-25,27,29H2,1-4H3,(H,47,53)/t30-,36?,38-,41+,42-,45+/m1/s1. The van der Waals surface area contributed by atoms with Gasteiger partial charge in [-0.1, -0.05) is 103 Å². The summed E-state index contributed by atoms with van der Waals surface area (Å²) in [4.78, 5) is 30.1. The highest BCUT2D eigenvalue weighted by atomic mass is 28.3. The number of carbonyl (C=O) groups excluding carboxylic acids is 2. The van der Waals surface area contributed by atoms with Gasteiger partial charge in [0, 0.05) is 29.9 Å². The molecule has 2 fully saturated rings. The Morgan fingerprint density at radius 3 is 2.56 bits per heavy atom. The van der Waals surface area contributed by atoms with E-state index in [1.54, 1.807) is 7.11 Å². The highest BCUT2D eigenvalue weighted by molar-refractivity contribution is 6.91. The zero-order valence-electron chi connectivity index (χ0n) is 33.1. The monoisotopic (exact) mass is 784 g/mol. The van der Waals surface area contributed by atoms with Gasteiger partial charge < -0.3 is 30.1 Å². The molecule has 4 aromatic carbocycles. The lowest BCUT2D eigenvalue weighted by atomic mass is 9.82. The molecule has 1 spiro atoms. The summed E-state index contributed by atoms with van der Waals surface area (Å²) in [5.41, 5.74) is 3.92. The van der Waals surface area contributed by atoms with Crippen LogP contribution in [0.1, 0.15) is 54.5 Å². The van der Waals surface area contributed by atoms with Crippen molar-refractivity contribution in [1.82, 2.24) is 20.3 Å².